The largest absolute Gasteiger partial charge is 0.385 e. The summed E-state index contributed by atoms with van der Waals surface area (Å²) in [6, 6.07) is 4.90. The molecule has 7 nitrogen and oxygen atoms in total. The van der Waals surface area contributed by atoms with E-state index in [1.165, 1.54) is 19.3 Å². The number of carbonyl (C=O) groups excluding carboxylic acids is 1. The zero-order chi connectivity index (χ0) is 16.8. The number of thiophene rings is 1. The molecule has 0 fully saturated rings. The van der Waals surface area contributed by atoms with Crippen LogP contribution in [0.4, 0.5) is 5.82 Å². The Morgan fingerprint density at radius 3 is 2.87 bits per heavy atom. The Kier molecular flexibility index (Phi) is 4.15. The van der Waals surface area contributed by atoms with Crippen LogP contribution in [0.15, 0.2) is 35.4 Å². The van der Waals surface area contributed by atoms with Crippen molar-refractivity contribution in [2.75, 3.05) is 12.4 Å². The summed E-state index contributed by atoms with van der Waals surface area (Å²) in [6.07, 6.45) is 0.185. The van der Waals surface area contributed by atoms with Gasteiger partial charge in [0.2, 0.25) is 15.9 Å². The number of hydrogen-bond donors (Lipinski definition) is 2. The minimum absolute atomic E-state index is 0.0654. The van der Waals surface area contributed by atoms with Crippen molar-refractivity contribution in [1.82, 2.24) is 9.29 Å². The van der Waals surface area contributed by atoms with E-state index in [1.807, 2.05) is 0 Å². The summed E-state index contributed by atoms with van der Waals surface area (Å²) in [6.45, 7) is 0. The summed E-state index contributed by atoms with van der Waals surface area (Å²) >= 11 is 6.81. The van der Waals surface area contributed by atoms with Gasteiger partial charge in [-0.25, -0.2) is 13.4 Å². The second-order valence-corrected chi connectivity index (χ2v) is 8.58. The fourth-order valence-electron chi connectivity index (χ4n) is 2.36. The number of carbonyl (C=O) groups is 1. The van der Waals surface area contributed by atoms with Gasteiger partial charge in [0.1, 0.15) is 22.9 Å². The van der Waals surface area contributed by atoms with Crippen LogP contribution in [0.1, 0.15) is 11.0 Å². The van der Waals surface area contributed by atoms with Gasteiger partial charge in [-0.05, 0) is 18.2 Å². The topological polar surface area (TPSA) is 99.6 Å². The number of rotatable bonds is 2. The Labute approximate surface area is 141 Å². The van der Waals surface area contributed by atoms with Crippen LogP contribution in [0.25, 0.3) is 0 Å². The van der Waals surface area contributed by atoms with Gasteiger partial charge in [0.05, 0.1) is 9.21 Å². The highest BCUT2D eigenvalue weighted by molar-refractivity contribution is 7.89. The maximum atomic E-state index is 12.5. The van der Waals surface area contributed by atoms with Crippen molar-refractivity contribution >= 4 is 44.7 Å². The van der Waals surface area contributed by atoms with E-state index in [0.717, 1.165) is 15.6 Å². The number of aromatic nitrogens is 1. The number of halogens is 1. The Balaban J connectivity index is 1.98. The molecule has 1 aliphatic rings. The predicted octanol–water partition coefficient (Wildman–Crippen LogP) is 1.47. The number of fused-ring (bicyclic) bond motifs is 1. The lowest BCUT2D eigenvalue weighted by Gasteiger charge is -2.34. The summed E-state index contributed by atoms with van der Waals surface area (Å²) in [5.41, 5.74) is 0. The SMILES string of the molecule is CN1C(C(=O)Nc2ccccn2)C(O)c2sc(Cl)cc2S1(=O)=O. The minimum atomic E-state index is -3.90. The van der Waals surface area contributed by atoms with Crippen LogP contribution in [-0.4, -0.2) is 41.8 Å². The van der Waals surface area contributed by atoms with Gasteiger partial charge in [0.15, 0.2) is 0 Å². The average molecular weight is 374 g/mol. The molecule has 1 aliphatic heterocycles. The zero-order valence-electron chi connectivity index (χ0n) is 11.8. The molecule has 10 heteroatoms. The maximum absolute atomic E-state index is 12.5. The second-order valence-electron chi connectivity index (χ2n) is 4.89. The van der Waals surface area contributed by atoms with E-state index in [1.54, 1.807) is 18.2 Å². The van der Waals surface area contributed by atoms with Crippen LogP contribution in [0.2, 0.25) is 4.34 Å². The number of anilines is 1. The third-order valence-electron chi connectivity index (χ3n) is 3.50. The summed E-state index contributed by atoms with van der Waals surface area (Å²) in [7, 11) is -2.66. The van der Waals surface area contributed by atoms with E-state index in [4.69, 9.17) is 11.6 Å². The molecule has 1 amide bonds. The number of nitrogens with zero attached hydrogens (tertiary/aromatic N) is 2. The van der Waals surface area contributed by atoms with Crippen LogP contribution in [0.5, 0.6) is 0 Å². The summed E-state index contributed by atoms with van der Waals surface area (Å²) in [4.78, 5) is 16.5. The van der Waals surface area contributed by atoms with Gasteiger partial charge in [-0.3, -0.25) is 4.79 Å². The Morgan fingerprint density at radius 1 is 1.48 bits per heavy atom. The van der Waals surface area contributed by atoms with Crippen molar-refractivity contribution in [3.63, 3.8) is 0 Å². The molecule has 0 saturated heterocycles. The number of pyridine rings is 1. The van der Waals surface area contributed by atoms with Gasteiger partial charge < -0.3 is 10.4 Å². The molecule has 0 radical (unpaired) electrons. The maximum Gasteiger partial charge on any atom is 0.247 e. The number of sulfonamides is 1. The third kappa shape index (κ3) is 2.74. The summed E-state index contributed by atoms with van der Waals surface area (Å²) in [5.74, 6) is -0.400. The molecule has 0 bridgehead atoms. The van der Waals surface area contributed by atoms with Crippen molar-refractivity contribution in [3.05, 3.63) is 39.7 Å². The minimum Gasteiger partial charge on any atom is -0.385 e. The van der Waals surface area contributed by atoms with Gasteiger partial charge in [-0.15, -0.1) is 11.3 Å². The molecule has 2 aromatic heterocycles. The smallest absolute Gasteiger partial charge is 0.247 e. The standard InChI is InChI=1S/C13H12ClN3O4S2/c1-17-10(13(19)16-9-4-2-3-5-15-9)11(18)12-7(23(17,20)21)6-8(14)22-12/h2-6,10-11,18H,1H3,(H,15,16,19). The molecule has 3 heterocycles. The van der Waals surface area contributed by atoms with Crippen LogP contribution in [-0.2, 0) is 14.8 Å². The number of amides is 1. The van der Waals surface area contributed by atoms with E-state index in [0.29, 0.717) is 0 Å². The van der Waals surface area contributed by atoms with Crippen molar-refractivity contribution in [2.45, 2.75) is 17.0 Å². The van der Waals surface area contributed by atoms with Gasteiger partial charge >= 0.3 is 0 Å². The lowest BCUT2D eigenvalue weighted by atomic mass is 10.1. The third-order valence-corrected chi connectivity index (χ3v) is 6.84. The second kappa shape index (κ2) is 5.84. The number of aliphatic hydroxyl groups is 1. The Bertz CT molecular complexity index is 853. The molecule has 0 spiro atoms. The molecule has 0 aliphatic carbocycles. The molecule has 2 unspecified atom stereocenters. The fraction of sp³-hybridized carbons (Fsp3) is 0.231. The van der Waals surface area contributed by atoms with Crippen molar-refractivity contribution in [2.24, 2.45) is 0 Å². The first-order chi connectivity index (χ1) is 10.8. The van der Waals surface area contributed by atoms with Crippen LogP contribution < -0.4 is 5.32 Å². The molecule has 0 aromatic carbocycles. The van der Waals surface area contributed by atoms with Gasteiger partial charge in [0.25, 0.3) is 0 Å². The molecule has 2 N–H and O–H groups in total. The Hall–Kier alpha value is -1.52. The van der Waals surface area contributed by atoms with Crippen molar-refractivity contribution in [3.8, 4) is 0 Å². The van der Waals surface area contributed by atoms with Crippen molar-refractivity contribution < 1.29 is 18.3 Å². The van der Waals surface area contributed by atoms with E-state index < -0.39 is 28.1 Å². The molecule has 2 atom stereocenters. The first-order valence-corrected chi connectivity index (χ1v) is 9.13. The Morgan fingerprint density at radius 2 is 2.22 bits per heavy atom. The monoisotopic (exact) mass is 373 g/mol. The van der Waals surface area contributed by atoms with E-state index in [9.17, 15) is 18.3 Å². The quantitative estimate of drug-likeness (QED) is 0.830. The predicted molar refractivity (Wildman–Crippen MR) is 85.9 cm³/mol. The summed E-state index contributed by atoms with van der Waals surface area (Å²) in [5, 5.41) is 13.0. The first-order valence-electron chi connectivity index (χ1n) is 6.49. The molecule has 122 valence electrons. The zero-order valence-corrected chi connectivity index (χ0v) is 14.2. The van der Waals surface area contributed by atoms with Crippen LogP contribution in [0.3, 0.4) is 0 Å². The molecule has 23 heavy (non-hydrogen) atoms. The first kappa shape index (κ1) is 16.3. The highest BCUT2D eigenvalue weighted by Crippen LogP contribution is 2.42. The molecule has 3 rings (SSSR count). The normalized spacial score (nSPS) is 23.3. The molecule has 0 saturated carbocycles. The van der Waals surface area contributed by atoms with Crippen LogP contribution in [0, 0.1) is 0 Å². The van der Waals surface area contributed by atoms with Crippen molar-refractivity contribution in [1.29, 1.82) is 0 Å². The summed E-state index contributed by atoms with van der Waals surface area (Å²) < 4.78 is 26.1. The van der Waals surface area contributed by atoms with Crippen LogP contribution >= 0.6 is 22.9 Å². The molecule has 2 aromatic rings. The van der Waals surface area contributed by atoms with E-state index in [-0.39, 0.29) is 19.9 Å². The number of hydrogen-bond acceptors (Lipinski definition) is 6. The molecular weight excluding hydrogens is 362 g/mol. The average Bonchev–Trinajstić information content (AvgIpc) is 2.90. The number of likely N-dealkylation sites (N-methyl/N-ethyl adjacent to an activating group) is 1. The highest BCUT2D eigenvalue weighted by Gasteiger charge is 2.46. The fourth-order valence-corrected chi connectivity index (χ4v) is 5.56. The van der Waals surface area contributed by atoms with Gasteiger partial charge in [0, 0.05) is 13.2 Å². The molecular formula is C13H12ClN3O4S2. The van der Waals surface area contributed by atoms with E-state index >= 15 is 0 Å². The number of aliphatic hydroxyl groups excluding tert-OH is 1. The lowest BCUT2D eigenvalue weighted by Crippen LogP contribution is -2.51. The lowest BCUT2D eigenvalue weighted by molar-refractivity contribution is -0.123. The van der Waals surface area contributed by atoms with Gasteiger partial charge in [-0.1, -0.05) is 17.7 Å². The number of nitrogens with one attached hydrogen (secondary N) is 1. The van der Waals surface area contributed by atoms with E-state index in [2.05, 4.69) is 10.3 Å². The van der Waals surface area contributed by atoms with Gasteiger partial charge in [-0.2, -0.15) is 4.31 Å². The highest BCUT2D eigenvalue weighted by atomic mass is 35.5.